The van der Waals surface area contributed by atoms with Gasteiger partial charge in [-0.05, 0) is 59.7 Å². The summed E-state index contributed by atoms with van der Waals surface area (Å²) in [4.78, 5) is 53.3. The van der Waals surface area contributed by atoms with Crippen LogP contribution in [0, 0.1) is 0 Å². The number of fused-ring (bicyclic) bond motifs is 1. The zero-order chi connectivity index (χ0) is 23.9. The molecule has 3 rings (SSSR count). The Bertz CT molecular complexity index is 1070. The van der Waals surface area contributed by atoms with Crippen LogP contribution in [-0.2, 0) is 14.3 Å². The van der Waals surface area contributed by atoms with Crippen LogP contribution in [0.25, 0.3) is 0 Å². The minimum absolute atomic E-state index is 0.0421. The lowest BCUT2D eigenvalue weighted by molar-refractivity contribution is -0.154. The van der Waals surface area contributed by atoms with Crippen LogP contribution in [0.15, 0.2) is 48.5 Å². The molecule has 7 nitrogen and oxygen atoms in total. The van der Waals surface area contributed by atoms with Gasteiger partial charge in [-0.1, -0.05) is 24.3 Å². The normalized spacial score (nSPS) is 15.3. The third kappa shape index (κ3) is 4.34. The van der Waals surface area contributed by atoms with Crippen LogP contribution < -0.4 is 4.48 Å². The van der Waals surface area contributed by atoms with Crippen molar-refractivity contribution in [1.82, 2.24) is 4.48 Å². The number of ether oxygens (including phenoxy) is 2. The number of hydrogen-bond acceptors (Lipinski definition) is 6. The van der Waals surface area contributed by atoms with Crippen LogP contribution in [0.5, 0.6) is 0 Å². The van der Waals surface area contributed by atoms with Crippen LogP contribution >= 0.6 is 0 Å². The first-order chi connectivity index (χ1) is 14.8. The minimum atomic E-state index is -0.996. The fraction of sp³-hybridized carbons (Fsp3) is 0.360. The maximum atomic E-state index is 13.7. The van der Waals surface area contributed by atoms with E-state index in [4.69, 9.17) is 9.47 Å². The van der Waals surface area contributed by atoms with Gasteiger partial charge in [0.15, 0.2) is 12.2 Å². The molecule has 0 aromatic heterocycles. The van der Waals surface area contributed by atoms with Gasteiger partial charge in [0, 0.05) is 6.07 Å². The Morgan fingerprint density at radius 2 is 1.22 bits per heavy atom. The second kappa shape index (κ2) is 7.98. The van der Waals surface area contributed by atoms with E-state index in [-0.39, 0.29) is 22.4 Å². The van der Waals surface area contributed by atoms with Gasteiger partial charge in [0.2, 0.25) is 0 Å². The van der Waals surface area contributed by atoms with Crippen molar-refractivity contribution < 1.29 is 28.7 Å². The Kier molecular flexibility index (Phi) is 5.82. The molecule has 0 spiro atoms. The highest BCUT2D eigenvalue weighted by Gasteiger charge is 2.58. The summed E-state index contributed by atoms with van der Waals surface area (Å²) < 4.78 is 9.97. The molecule has 0 unspecified atom stereocenters. The first kappa shape index (κ1) is 23.3. The fourth-order valence-corrected chi connectivity index (χ4v) is 3.69. The zero-order valence-corrected chi connectivity index (χ0v) is 19.2. The molecule has 2 aromatic rings. The summed E-state index contributed by atoms with van der Waals surface area (Å²) in [6, 6.07) is 12.6. The molecular weight excluding hydrogens is 410 g/mol. The number of nitrogens with zero attached hydrogens (tertiary/aromatic N) is 1. The van der Waals surface area contributed by atoms with Gasteiger partial charge in [-0.25, -0.2) is 19.2 Å². The maximum Gasteiger partial charge on any atom is 0.363 e. The van der Waals surface area contributed by atoms with Crippen molar-refractivity contribution in [2.24, 2.45) is 0 Å². The van der Waals surface area contributed by atoms with E-state index in [1.165, 1.54) is 12.1 Å². The lowest BCUT2D eigenvalue weighted by atomic mass is 10.1. The number of para-hydroxylation sites is 1. The molecule has 168 valence electrons. The van der Waals surface area contributed by atoms with E-state index in [0.717, 1.165) is 0 Å². The third-order valence-corrected chi connectivity index (χ3v) is 4.80. The van der Waals surface area contributed by atoms with E-state index >= 15 is 0 Å². The van der Waals surface area contributed by atoms with E-state index in [1.54, 1.807) is 77.9 Å². The van der Waals surface area contributed by atoms with Crippen LogP contribution in [0.4, 0.5) is 5.69 Å². The topological polar surface area (TPSA) is 86.7 Å². The monoisotopic (exact) mass is 438 g/mol. The standard InChI is InChI=1S/C25H28NO6/c1-24(2,3)31-20(27)15-26(21(28)16-11-7-8-12-17(16)22(26)29)19-14-10-9-13-18(19)23(30)32-25(4,5)6/h7-14H,15H2,1-6H3/q+1. The SMILES string of the molecule is CC(C)(C)OC(=O)C[N+]1(c2ccccc2C(=O)OC(C)(C)C)C(=O)c2ccccc2C1=O. The number of esters is 2. The van der Waals surface area contributed by atoms with Gasteiger partial charge >= 0.3 is 23.8 Å². The highest BCUT2D eigenvalue weighted by atomic mass is 16.6. The first-order valence-electron chi connectivity index (χ1n) is 10.4. The number of imide groups is 1. The van der Waals surface area contributed by atoms with Crippen molar-refractivity contribution in [1.29, 1.82) is 0 Å². The van der Waals surface area contributed by atoms with Gasteiger partial charge in [-0.3, -0.25) is 0 Å². The summed E-state index contributed by atoms with van der Waals surface area (Å²) in [6.45, 7) is 9.69. The molecule has 7 heteroatoms. The Morgan fingerprint density at radius 3 is 1.72 bits per heavy atom. The van der Waals surface area contributed by atoms with Crippen molar-refractivity contribution in [3.8, 4) is 0 Å². The summed E-state index contributed by atoms with van der Waals surface area (Å²) in [7, 11) is 0. The molecule has 1 heterocycles. The molecule has 0 saturated heterocycles. The Labute approximate surface area is 187 Å². The number of quaternary nitrogens is 1. The summed E-state index contributed by atoms with van der Waals surface area (Å²) in [5.74, 6) is -2.60. The lowest BCUT2D eigenvalue weighted by Gasteiger charge is -2.30. The maximum absolute atomic E-state index is 13.7. The molecule has 2 aromatic carbocycles. The quantitative estimate of drug-likeness (QED) is 0.402. The van der Waals surface area contributed by atoms with Gasteiger partial charge in [0.1, 0.15) is 16.8 Å². The van der Waals surface area contributed by atoms with E-state index < -0.39 is 46.0 Å². The second-order valence-corrected chi connectivity index (χ2v) is 9.73. The van der Waals surface area contributed by atoms with E-state index in [0.29, 0.717) is 0 Å². The highest BCUT2D eigenvalue weighted by Crippen LogP contribution is 2.39. The van der Waals surface area contributed by atoms with Crippen molar-refractivity contribution in [2.75, 3.05) is 6.54 Å². The largest absolute Gasteiger partial charge is 0.456 e. The first-order valence-corrected chi connectivity index (χ1v) is 10.4. The number of carbonyl (C=O) groups is 4. The van der Waals surface area contributed by atoms with Crippen molar-refractivity contribution in [2.45, 2.75) is 52.7 Å². The average molecular weight is 439 g/mol. The number of benzene rings is 2. The Balaban J connectivity index is 2.21. The van der Waals surface area contributed by atoms with Crippen molar-refractivity contribution >= 4 is 29.4 Å². The highest BCUT2D eigenvalue weighted by molar-refractivity contribution is 6.31. The fourth-order valence-electron chi connectivity index (χ4n) is 3.69. The predicted octanol–water partition coefficient (Wildman–Crippen LogP) is 4.29. The summed E-state index contributed by atoms with van der Waals surface area (Å²) in [6.07, 6.45) is 0. The molecule has 32 heavy (non-hydrogen) atoms. The molecule has 2 amide bonds. The minimum Gasteiger partial charge on any atom is -0.456 e. The van der Waals surface area contributed by atoms with Gasteiger partial charge in [0.25, 0.3) is 0 Å². The van der Waals surface area contributed by atoms with Gasteiger partial charge in [-0.2, -0.15) is 0 Å². The molecule has 0 N–H and O–H groups in total. The molecular formula is C25H28NO6+. The lowest BCUT2D eigenvalue weighted by Crippen LogP contribution is -2.58. The van der Waals surface area contributed by atoms with Gasteiger partial charge < -0.3 is 9.47 Å². The van der Waals surface area contributed by atoms with Crippen LogP contribution in [-0.4, -0.2) is 41.5 Å². The molecule has 1 aliphatic heterocycles. The molecule has 0 bridgehead atoms. The van der Waals surface area contributed by atoms with Crippen LogP contribution in [0.3, 0.4) is 0 Å². The van der Waals surface area contributed by atoms with Gasteiger partial charge in [-0.15, -0.1) is 4.48 Å². The number of amides is 2. The molecule has 0 fully saturated rings. The molecule has 0 atom stereocenters. The summed E-state index contributed by atoms with van der Waals surface area (Å²) in [5, 5.41) is 0. The third-order valence-electron chi connectivity index (χ3n) is 4.80. The number of carbonyl (C=O) groups excluding carboxylic acids is 4. The average Bonchev–Trinajstić information content (AvgIpc) is 2.88. The number of rotatable bonds is 4. The van der Waals surface area contributed by atoms with E-state index in [9.17, 15) is 19.2 Å². The molecule has 0 aliphatic carbocycles. The number of hydrogen-bond donors (Lipinski definition) is 0. The Hall–Kier alpha value is -3.32. The zero-order valence-electron chi connectivity index (χ0n) is 19.2. The van der Waals surface area contributed by atoms with Crippen molar-refractivity contribution in [3.63, 3.8) is 0 Å². The molecule has 0 saturated carbocycles. The van der Waals surface area contributed by atoms with Crippen molar-refractivity contribution in [3.05, 3.63) is 65.2 Å². The van der Waals surface area contributed by atoms with Crippen LogP contribution in [0.2, 0.25) is 0 Å². The smallest absolute Gasteiger partial charge is 0.363 e. The molecule has 1 aliphatic rings. The van der Waals surface area contributed by atoms with Crippen LogP contribution in [0.1, 0.15) is 72.6 Å². The van der Waals surface area contributed by atoms with E-state index in [2.05, 4.69) is 0 Å². The Morgan fingerprint density at radius 1 is 0.750 bits per heavy atom. The summed E-state index contributed by atoms with van der Waals surface area (Å²) >= 11 is 0. The molecule has 0 radical (unpaired) electrons. The summed E-state index contributed by atoms with van der Waals surface area (Å²) in [5.41, 5.74) is -1.09. The van der Waals surface area contributed by atoms with E-state index in [1.807, 2.05) is 0 Å². The second-order valence-electron chi connectivity index (χ2n) is 9.73. The predicted molar refractivity (Wildman–Crippen MR) is 119 cm³/mol. The van der Waals surface area contributed by atoms with Gasteiger partial charge in [0.05, 0.1) is 11.1 Å².